The van der Waals surface area contributed by atoms with Crippen molar-refractivity contribution in [2.45, 2.75) is 174 Å². The second-order valence-electron chi connectivity index (χ2n) is 27.1. The lowest BCUT2D eigenvalue weighted by Crippen LogP contribution is -2.41. The first-order valence-electron chi connectivity index (χ1n) is 27.7. The van der Waals surface area contributed by atoms with E-state index in [0.717, 1.165) is 28.4 Å². The number of fused-ring (bicyclic) bond motifs is 8. The predicted molar refractivity (Wildman–Crippen MR) is 316 cm³/mol. The van der Waals surface area contributed by atoms with E-state index in [1.165, 1.54) is 127 Å². The van der Waals surface area contributed by atoms with Gasteiger partial charge in [-0.05, 0) is 200 Å². The van der Waals surface area contributed by atoms with E-state index in [2.05, 4.69) is 246 Å². The summed E-state index contributed by atoms with van der Waals surface area (Å²) < 4.78 is 2.74. The summed E-state index contributed by atoms with van der Waals surface area (Å²) in [5.74, 6) is 0.271. The molecule has 0 spiro atoms. The zero-order valence-corrected chi connectivity index (χ0v) is 46.4. The Morgan fingerprint density at radius 2 is 0.986 bits per heavy atom. The summed E-state index contributed by atoms with van der Waals surface area (Å²) in [6, 6.07) is 49.3. The second kappa shape index (κ2) is 16.3. The largest absolute Gasteiger partial charge is 0.355 e. The molecule has 3 aliphatic carbocycles. The van der Waals surface area contributed by atoms with Crippen molar-refractivity contribution in [1.82, 2.24) is 4.57 Å². The van der Waals surface area contributed by atoms with E-state index in [-0.39, 0.29) is 38.4 Å². The number of hydrogen-bond donors (Lipinski definition) is 1. The highest BCUT2D eigenvalue weighted by molar-refractivity contribution is 6.73. The van der Waals surface area contributed by atoms with Gasteiger partial charge >= 0.3 is 0 Å². The molecule has 0 bridgehead atoms. The molecule has 0 saturated heterocycles. The van der Waals surface area contributed by atoms with E-state index >= 15 is 0 Å². The molecular weight excluding hydrogens is 882 g/mol. The molecule has 1 radical (unpaired) electrons. The Morgan fingerprint density at radius 1 is 0.479 bits per heavy atom. The van der Waals surface area contributed by atoms with Crippen molar-refractivity contribution < 1.29 is 0 Å². The molecular formula is C69H77BN3. The van der Waals surface area contributed by atoms with Gasteiger partial charge in [0.15, 0.2) is 7.28 Å². The Balaban J connectivity index is 1.19. The van der Waals surface area contributed by atoms with Crippen LogP contribution >= 0.6 is 0 Å². The van der Waals surface area contributed by atoms with Gasteiger partial charge < -0.3 is 14.8 Å². The van der Waals surface area contributed by atoms with E-state index in [0.29, 0.717) is 0 Å². The van der Waals surface area contributed by atoms with E-state index in [1.54, 1.807) is 0 Å². The zero-order chi connectivity index (χ0) is 51.4. The second-order valence-corrected chi connectivity index (χ2v) is 27.1. The van der Waals surface area contributed by atoms with Gasteiger partial charge in [0.05, 0.1) is 5.52 Å². The first kappa shape index (κ1) is 48.0. The molecule has 1 aromatic heterocycles. The SMILES string of the molecule is CC(C)c1cc(-c2cc(N(c3ccccc3)c3ccccc3)ccc2Nc2ccc3c(c2)C(C)(C)CCC3(C)C)c2c3c1c1cc4c(cc1n3-c1cc3c(cc1[B]2)C(C)(C)CCC3(C)C)C(C)(C)CCC4(C)C. The summed E-state index contributed by atoms with van der Waals surface area (Å²) >= 11 is 0. The smallest absolute Gasteiger partial charge is 0.197 e. The minimum absolute atomic E-state index is 0.0716. The van der Waals surface area contributed by atoms with Gasteiger partial charge in [0, 0.05) is 56.0 Å². The third-order valence-corrected chi connectivity index (χ3v) is 18.9. The molecule has 7 aromatic carbocycles. The van der Waals surface area contributed by atoms with E-state index in [1.807, 2.05) is 0 Å². The minimum atomic E-state index is 0.0716. The lowest BCUT2D eigenvalue weighted by Gasteiger charge is -2.43. The molecule has 1 N–H and O–H groups in total. The maximum atomic E-state index is 4.13. The molecule has 4 heteroatoms. The van der Waals surface area contributed by atoms with Crippen LogP contribution in [0.3, 0.4) is 0 Å². The predicted octanol–water partition coefficient (Wildman–Crippen LogP) is 17.8. The lowest BCUT2D eigenvalue weighted by atomic mass is 9.55. The molecule has 0 saturated carbocycles. The van der Waals surface area contributed by atoms with E-state index in [9.17, 15) is 0 Å². The fraction of sp³-hybridized carbons (Fsp3) is 0.391. The van der Waals surface area contributed by atoms with Gasteiger partial charge in [0.25, 0.3) is 0 Å². The average Bonchev–Trinajstić information content (AvgIpc) is 3.71. The van der Waals surface area contributed by atoms with Crippen molar-refractivity contribution in [1.29, 1.82) is 0 Å². The number of nitrogens with zero attached hydrogens (tertiary/aromatic N) is 2. The Hall–Kier alpha value is -6.00. The molecule has 12 rings (SSSR count). The average molecular weight is 959 g/mol. The van der Waals surface area contributed by atoms with Crippen LogP contribution in [0.2, 0.25) is 0 Å². The van der Waals surface area contributed by atoms with E-state index < -0.39 is 0 Å². The molecule has 1 aliphatic heterocycles. The number of aromatic nitrogens is 1. The van der Waals surface area contributed by atoms with Gasteiger partial charge in [0.2, 0.25) is 0 Å². The van der Waals surface area contributed by atoms with Crippen molar-refractivity contribution in [3.05, 3.63) is 166 Å². The molecule has 73 heavy (non-hydrogen) atoms. The van der Waals surface area contributed by atoms with Crippen LogP contribution in [-0.2, 0) is 32.5 Å². The normalized spacial score (nSPS) is 19.1. The number of rotatable bonds is 7. The van der Waals surface area contributed by atoms with E-state index in [4.69, 9.17) is 0 Å². The maximum absolute atomic E-state index is 4.13. The Kier molecular flexibility index (Phi) is 10.7. The summed E-state index contributed by atoms with van der Waals surface area (Å²) in [6.45, 7) is 34.4. The minimum Gasteiger partial charge on any atom is -0.355 e. The molecule has 371 valence electrons. The van der Waals surface area contributed by atoms with Crippen LogP contribution in [0, 0.1) is 0 Å². The highest BCUT2D eigenvalue weighted by Crippen LogP contribution is 2.53. The molecule has 0 amide bonds. The summed E-state index contributed by atoms with van der Waals surface area (Å²) in [7, 11) is 2.59. The van der Waals surface area contributed by atoms with Gasteiger partial charge in [-0.25, -0.2) is 0 Å². The molecule has 4 aliphatic rings. The third kappa shape index (κ3) is 7.57. The van der Waals surface area contributed by atoms with Crippen molar-refractivity contribution in [2.75, 3.05) is 10.2 Å². The standard InChI is InChI=1S/C69H77BN3/c1-42(2)47-37-49(48-36-46(72(44-21-17-15-18-22-44)45-23-19-16-20-24-45)26-28-58(48)71-43-25-27-51-52(35-43)65(5,6)30-29-64(51,3)4)62-63-61(47)50-38-53-55(68(11,12)33-31-66(53,7)8)40-59(50)73(63)60-41-56-54(39-57(60)70-62)67(9,10)32-34-69(56,13)14/h15-28,35-42,71H,29-34H2,1-14H3. The van der Waals surface area contributed by atoms with Crippen LogP contribution in [-0.4, -0.2) is 11.8 Å². The van der Waals surface area contributed by atoms with Crippen LogP contribution in [0.15, 0.2) is 127 Å². The first-order valence-corrected chi connectivity index (χ1v) is 27.7. The Bertz CT molecular complexity index is 3500. The van der Waals surface area contributed by atoms with Gasteiger partial charge in [-0.2, -0.15) is 0 Å². The fourth-order valence-corrected chi connectivity index (χ4v) is 13.9. The van der Waals surface area contributed by atoms with Crippen LogP contribution in [0.4, 0.5) is 28.4 Å². The number of anilines is 5. The van der Waals surface area contributed by atoms with Crippen LogP contribution in [0.25, 0.3) is 38.6 Å². The molecule has 0 atom stereocenters. The monoisotopic (exact) mass is 959 g/mol. The number of para-hydroxylation sites is 2. The molecule has 3 nitrogen and oxygen atoms in total. The number of hydrogen-bond acceptors (Lipinski definition) is 2. The van der Waals surface area contributed by atoms with Crippen molar-refractivity contribution in [3.63, 3.8) is 0 Å². The van der Waals surface area contributed by atoms with Gasteiger partial charge in [-0.3, -0.25) is 0 Å². The van der Waals surface area contributed by atoms with Crippen molar-refractivity contribution in [3.8, 4) is 16.8 Å². The lowest BCUT2D eigenvalue weighted by molar-refractivity contribution is 0.332. The number of benzene rings is 7. The quantitative estimate of drug-likeness (QED) is 0.161. The summed E-state index contributed by atoms with van der Waals surface area (Å²) in [4.78, 5) is 2.42. The van der Waals surface area contributed by atoms with Crippen LogP contribution in [0.5, 0.6) is 0 Å². The maximum Gasteiger partial charge on any atom is 0.197 e. The summed E-state index contributed by atoms with van der Waals surface area (Å²) in [5.41, 5.74) is 25.6. The van der Waals surface area contributed by atoms with Crippen molar-refractivity contribution in [2.24, 2.45) is 0 Å². The zero-order valence-electron chi connectivity index (χ0n) is 46.4. The van der Waals surface area contributed by atoms with Crippen LogP contribution < -0.4 is 21.1 Å². The summed E-state index contributed by atoms with van der Waals surface area (Å²) in [6.07, 6.45) is 7.10. The first-order chi connectivity index (χ1) is 34.5. The Labute approximate surface area is 438 Å². The highest BCUT2D eigenvalue weighted by atomic mass is 15.1. The molecule has 0 fully saturated rings. The third-order valence-electron chi connectivity index (χ3n) is 18.9. The molecule has 8 aromatic rings. The van der Waals surface area contributed by atoms with Gasteiger partial charge in [-0.1, -0.05) is 157 Å². The fourth-order valence-electron chi connectivity index (χ4n) is 13.9. The summed E-state index contributed by atoms with van der Waals surface area (Å²) in [5, 5.41) is 6.93. The van der Waals surface area contributed by atoms with Crippen molar-refractivity contribution >= 4 is 68.4 Å². The Morgan fingerprint density at radius 3 is 1.55 bits per heavy atom. The van der Waals surface area contributed by atoms with Gasteiger partial charge in [0.1, 0.15) is 0 Å². The van der Waals surface area contributed by atoms with Crippen LogP contribution in [0.1, 0.15) is 180 Å². The van der Waals surface area contributed by atoms with Gasteiger partial charge in [-0.15, -0.1) is 0 Å². The molecule has 2 heterocycles. The topological polar surface area (TPSA) is 20.2 Å². The molecule has 0 unspecified atom stereocenters. The highest BCUT2D eigenvalue weighted by Gasteiger charge is 2.42. The number of nitrogens with one attached hydrogen (secondary N) is 1.